The third-order valence-electron chi connectivity index (χ3n) is 2.58. The Morgan fingerprint density at radius 2 is 2.14 bits per heavy atom. The highest BCUT2D eigenvalue weighted by atomic mass is 79.9. The minimum Gasteiger partial charge on any atom is -0.297 e. The molecule has 0 aromatic rings. The summed E-state index contributed by atoms with van der Waals surface area (Å²) in [6.45, 7) is 5.77. The minimum atomic E-state index is -2.21. The molecule has 0 aromatic heterocycles. The smallest absolute Gasteiger partial charge is 0.251 e. The van der Waals surface area contributed by atoms with E-state index in [1.807, 2.05) is 4.90 Å². The lowest BCUT2D eigenvalue weighted by atomic mass is 9.88. The predicted octanol–water partition coefficient (Wildman–Crippen LogP) is 3.14. The molecule has 1 unspecified atom stereocenters. The van der Waals surface area contributed by atoms with Gasteiger partial charge in [0.05, 0.1) is 6.54 Å². The number of hydrogen-bond donors (Lipinski definition) is 0. The predicted molar refractivity (Wildman–Crippen MR) is 58.2 cm³/mol. The van der Waals surface area contributed by atoms with E-state index in [0.717, 1.165) is 25.9 Å². The fraction of sp³-hybridized carbons (Fsp3) is 1.00. The van der Waals surface area contributed by atoms with E-state index in [1.54, 1.807) is 0 Å². The van der Waals surface area contributed by atoms with Crippen LogP contribution in [0.25, 0.3) is 0 Å². The largest absolute Gasteiger partial charge is 0.297 e. The van der Waals surface area contributed by atoms with Crippen LogP contribution >= 0.6 is 15.9 Å². The molecule has 0 aliphatic carbocycles. The molecule has 0 saturated carbocycles. The summed E-state index contributed by atoms with van der Waals surface area (Å²) < 4.78 is 24.5. The highest BCUT2D eigenvalue weighted by molar-refractivity contribution is 9.09. The first kappa shape index (κ1) is 12.4. The highest BCUT2D eigenvalue weighted by Crippen LogP contribution is 2.31. The first-order valence-electron chi connectivity index (χ1n) is 5.04. The molecule has 1 rings (SSSR count). The van der Waals surface area contributed by atoms with E-state index >= 15 is 0 Å². The first-order chi connectivity index (χ1) is 6.39. The van der Waals surface area contributed by atoms with Crippen molar-refractivity contribution in [2.45, 2.75) is 37.9 Å². The summed E-state index contributed by atoms with van der Waals surface area (Å²) in [5.41, 5.74) is 0.138. The number of likely N-dealkylation sites (tertiary alicyclic amines) is 1. The van der Waals surface area contributed by atoms with Gasteiger partial charge < -0.3 is 0 Å². The van der Waals surface area contributed by atoms with E-state index < -0.39 is 6.43 Å². The second kappa shape index (κ2) is 4.88. The van der Waals surface area contributed by atoms with Gasteiger partial charge in [0.2, 0.25) is 0 Å². The molecule has 14 heavy (non-hydrogen) atoms. The fourth-order valence-corrected chi connectivity index (χ4v) is 3.21. The molecule has 1 saturated heterocycles. The van der Waals surface area contributed by atoms with Crippen LogP contribution in [0.2, 0.25) is 0 Å². The average Bonchev–Trinajstić information content (AvgIpc) is 2.07. The number of alkyl halides is 3. The SMILES string of the molecule is CC1(C)CC(Br)CCN(CC(F)F)C1. The van der Waals surface area contributed by atoms with Crippen LogP contribution < -0.4 is 0 Å². The lowest BCUT2D eigenvalue weighted by Gasteiger charge is -2.29. The van der Waals surface area contributed by atoms with Crippen LogP contribution in [0.3, 0.4) is 0 Å². The molecule has 0 spiro atoms. The van der Waals surface area contributed by atoms with Crippen molar-refractivity contribution >= 4 is 15.9 Å². The quantitative estimate of drug-likeness (QED) is 0.697. The number of nitrogens with zero attached hydrogens (tertiary/aromatic N) is 1. The maximum Gasteiger partial charge on any atom is 0.251 e. The number of rotatable bonds is 2. The summed E-state index contributed by atoms with van der Waals surface area (Å²) in [5, 5.41) is 0. The second-order valence-corrected chi connectivity index (χ2v) is 6.18. The van der Waals surface area contributed by atoms with Crippen LogP contribution in [0.1, 0.15) is 26.7 Å². The lowest BCUT2D eigenvalue weighted by Crippen LogP contribution is -2.35. The van der Waals surface area contributed by atoms with Crippen LogP contribution in [-0.2, 0) is 0 Å². The van der Waals surface area contributed by atoms with E-state index in [1.165, 1.54) is 0 Å². The number of halogens is 3. The molecule has 0 radical (unpaired) electrons. The zero-order chi connectivity index (χ0) is 10.8. The van der Waals surface area contributed by atoms with Gasteiger partial charge in [-0.05, 0) is 24.8 Å². The zero-order valence-electron chi connectivity index (χ0n) is 8.77. The molecule has 1 heterocycles. The molecule has 1 aliphatic heterocycles. The first-order valence-corrected chi connectivity index (χ1v) is 5.95. The van der Waals surface area contributed by atoms with Crippen molar-refractivity contribution in [1.29, 1.82) is 0 Å². The second-order valence-electron chi connectivity index (χ2n) is 4.88. The maximum absolute atomic E-state index is 12.2. The minimum absolute atomic E-state index is 0.0802. The maximum atomic E-state index is 12.2. The molecular weight excluding hydrogens is 252 g/mol. The molecule has 0 amide bonds. The third-order valence-corrected chi connectivity index (χ3v) is 3.36. The Bertz CT molecular complexity index is 185. The van der Waals surface area contributed by atoms with E-state index in [9.17, 15) is 8.78 Å². The summed E-state index contributed by atoms with van der Waals surface area (Å²) in [6, 6.07) is 0. The molecule has 4 heteroatoms. The van der Waals surface area contributed by atoms with E-state index in [0.29, 0.717) is 4.83 Å². The van der Waals surface area contributed by atoms with Crippen molar-refractivity contribution in [3.05, 3.63) is 0 Å². The average molecular weight is 270 g/mol. The van der Waals surface area contributed by atoms with Crippen molar-refractivity contribution in [3.8, 4) is 0 Å². The van der Waals surface area contributed by atoms with Gasteiger partial charge in [-0.1, -0.05) is 29.8 Å². The van der Waals surface area contributed by atoms with Crippen molar-refractivity contribution < 1.29 is 8.78 Å². The van der Waals surface area contributed by atoms with Crippen molar-refractivity contribution in [1.82, 2.24) is 4.90 Å². The van der Waals surface area contributed by atoms with Crippen LogP contribution in [0.5, 0.6) is 0 Å². The molecule has 0 aromatic carbocycles. The van der Waals surface area contributed by atoms with Crippen LogP contribution in [-0.4, -0.2) is 35.8 Å². The van der Waals surface area contributed by atoms with Gasteiger partial charge in [-0.15, -0.1) is 0 Å². The van der Waals surface area contributed by atoms with Crippen LogP contribution in [0, 0.1) is 5.41 Å². The standard InChI is InChI=1S/C10H18BrF2N/c1-10(2)5-8(11)3-4-14(7-10)6-9(12)13/h8-9H,3-7H2,1-2H3. The van der Waals surface area contributed by atoms with Crippen LogP contribution in [0.15, 0.2) is 0 Å². The Kier molecular flexibility index (Phi) is 4.31. The molecule has 1 fully saturated rings. The monoisotopic (exact) mass is 269 g/mol. The molecule has 0 N–H and O–H groups in total. The van der Waals surface area contributed by atoms with Gasteiger partial charge in [-0.3, -0.25) is 4.90 Å². The van der Waals surface area contributed by atoms with Gasteiger partial charge in [-0.2, -0.15) is 0 Å². The molecule has 84 valence electrons. The van der Waals surface area contributed by atoms with Gasteiger partial charge in [-0.25, -0.2) is 8.78 Å². The third kappa shape index (κ3) is 4.22. The van der Waals surface area contributed by atoms with Crippen molar-refractivity contribution in [3.63, 3.8) is 0 Å². The van der Waals surface area contributed by atoms with Gasteiger partial charge in [0.25, 0.3) is 6.43 Å². The van der Waals surface area contributed by atoms with Gasteiger partial charge in [0.15, 0.2) is 0 Å². The Morgan fingerprint density at radius 3 is 2.71 bits per heavy atom. The van der Waals surface area contributed by atoms with Gasteiger partial charge in [0, 0.05) is 11.4 Å². The lowest BCUT2D eigenvalue weighted by molar-refractivity contribution is 0.0741. The Balaban J connectivity index is 2.53. The fourth-order valence-electron chi connectivity index (χ4n) is 2.12. The Morgan fingerprint density at radius 1 is 1.50 bits per heavy atom. The van der Waals surface area contributed by atoms with Crippen molar-refractivity contribution in [2.24, 2.45) is 5.41 Å². The molecule has 1 atom stereocenters. The summed E-state index contributed by atoms with van der Waals surface area (Å²) in [6.07, 6.45) is -0.180. The summed E-state index contributed by atoms with van der Waals surface area (Å²) >= 11 is 3.59. The van der Waals surface area contributed by atoms with Gasteiger partial charge >= 0.3 is 0 Å². The van der Waals surface area contributed by atoms with Crippen LogP contribution in [0.4, 0.5) is 8.78 Å². The topological polar surface area (TPSA) is 3.24 Å². The molecule has 0 bridgehead atoms. The molecule has 1 aliphatic rings. The Hall–Kier alpha value is 0.300. The Labute approximate surface area is 93.0 Å². The number of hydrogen-bond acceptors (Lipinski definition) is 1. The highest BCUT2D eigenvalue weighted by Gasteiger charge is 2.29. The van der Waals surface area contributed by atoms with E-state index in [-0.39, 0.29) is 12.0 Å². The normalized spacial score (nSPS) is 29.1. The van der Waals surface area contributed by atoms with Crippen molar-refractivity contribution in [2.75, 3.05) is 19.6 Å². The zero-order valence-corrected chi connectivity index (χ0v) is 10.4. The van der Waals surface area contributed by atoms with Gasteiger partial charge in [0.1, 0.15) is 0 Å². The van der Waals surface area contributed by atoms with E-state index in [2.05, 4.69) is 29.8 Å². The molecular formula is C10H18BrF2N. The summed E-state index contributed by atoms with van der Waals surface area (Å²) in [4.78, 5) is 2.35. The molecule has 1 nitrogen and oxygen atoms in total. The summed E-state index contributed by atoms with van der Waals surface area (Å²) in [7, 11) is 0. The van der Waals surface area contributed by atoms with E-state index in [4.69, 9.17) is 0 Å². The summed E-state index contributed by atoms with van der Waals surface area (Å²) in [5.74, 6) is 0.